The van der Waals surface area contributed by atoms with Crippen molar-refractivity contribution in [2.45, 2.75) is 33.7 Å². The molecule has 21 heavy (non-hydrogen) atoms. The molecule has 2 N–H and O–H groups in total. The number of hydrogen-bond acceptors (Lipinski definition) is 3. The Hall–Kier alpha value is -1.45. The van der Waals surface area contributed by atoms with Gasteiger partial charge in [0.1, 0.15) is 0 Å². The summed E-state index contributed by atoms with van der Waals surface area (Å²) in [5.74, 6) is 0. The molecule has 114 valence electrons. The van der Waals surface area contributed by atoms with Gasteiger partial charge in [0, 0.05) is 30.9 Å². The predicted molar refractivity (Wildman–Crippen MR) is 90.1 cm³/mol. The highest BCUT2D eigenvalue weighted by Crippen LogP contribution is 2.21. The van der Waals surface area contributed by atoms with Crippen molar-refractivity contribution in [2.24, 2.45) is 11.1 Å². The van der Waals surface area contributed by atoms with Crippen LogP contribution in [0.15, 0.2) is 36.7 Å². The standard InChI is InChI=1S/C18H27N3/c1-4-9-21(14-18(2,3)13-19)12-16-11-20-10-15-7-5-6-8-17(15)16/h5-8,10-11H,4,9,12-14,19H2,1-3H3. The lowest BCUT2D eigenvalue weighted by Gasteiger charge is -2.31. The topological polar surface area (TPSA) is 42.2 Å². The minimum absolute atomic E-state index is 0.146. The number of aromatic nitrogens is 1. The van der Waals surface area contributed by atoms with Crippen molar-refractivity contribution in [3.8, 4) is 0 Å². The van der Waals surface area contributed by atoms with E-state index < -0.39 is 0 Å². The van der Waals surface area contributed by atoms with Crippen LogP contribution in [0.3, 0.4) is 0 Å². The molecular formula is C18H27N3. The maximum Gasteiger partial charge on any atom is 0.0346 e. The summed E-state index contributed by atoms with van der Waals surface area (Å²) in [4.78, 5) is 6.89. The van der Waals surface area contributed by atoms with Crippen molar-refractivity contribution >= 4 is 10.8 Å². The SMILES string of the molecule is CCCN(Cc1cncc2ccccc12)CC(C)(C)CN. The number of benzene rings is 1. The summed E-state index contributed by atoms with van der Waals surface area (Å²) in [7, 11) is 0. The van der Waals surface area contributed by atoms with Crippen molar-refractivity contribution < 1.29 is 0 Å². The summed E-state index contributed by atoms with van der Waals surface area (Å²) >= 11 is 0. The first-order valence-electron chi connectivity index (χ1n) is 7.80. The van der Waals surface area contributed by atoms with Crippen LogP contribution in [0.4, 0.5) is 0 Å². The summed E-state index contributed by atoms with van der Waals surface area (Å²) < 4.78 is 0. The highest BCUT2D eigenvalue weighted by atomic mass is 15.1. The van der Waals surface area contributed by atoms with Crippen molar-refractivity contribution in [3.63, 3.8) is 0 Å². The summed E-state index contributed by atoms with van der Waals surface area (Å²) in [5.41, 5.74) is 7.34. The van der Waals surface area contributed by atoms with E-state index in [0.717, 1.165) is 26.1 Å². The third-order valence-electron chi connectivity index (χ3n) is 3.89. The molecule has 0 atom stereocenters. The maximum atomic E-state index is 5.90. The van der Waals surface area contributed by atoms with Crippen molar-refractivity contribution in [3.05, 3.63) is 42.2 Å². The van der Waals surface area contributed by atoms with Crippen LogP contribution in [0.2, 0.25) is 0 Å². The minimum atomic E-state index is 0.146. The van der Waals surface area contributed by atoms with Gasteiger partial charge >= 0.3 is 0 Å². The van der Waals surface area contributed by atoms with Crippen LogP contribution >= 0.6 is 0 Å². The van der Waals surface area contributed by atoms with Gasteiger partial charge in [-0.15, -0.1) is 0 Å². The Kier molecular flexibility index (Phi) is 5.32. The lowest BCUT2D eigenvalue weighted by molar-refractivity contribution is 0.176. The number of hydrogen-bond donors (Lipinski definition) is 1. The molecule has 0 unspecified atom stereocenters. The van der Waals surface area contributed by atoms with Gasteiger partial charge in [-0.25, -0.2) is 0 Å². The largest absolute Gasteiger partial charge is 0.330 e. The summed E-state index contributed by atoms with van der Waals surface area (Å²) in [5, 5.41) is 2.52. The third-order valence-corrected chi connectivity index (χ3v) is 3.89. The van der Waals surface area contributed by atoms with Gasteiger partial charge in [-0.1, -0.05) is 45.0 Å². The van der Waals surface area contributed by atoms with Gasteiger partial charge in [0.05, 0.1) is 0 Å². The zero-order valence-electron chi connectivity index (χ0n) is 13.5. The van der Waals surface area contributed by atoms with Gasteiger partial charge in [-0.3, -0.25) is 9.88 Å². The lowest BCUT2D eigenvalue weighted by Crippen LogP contribution is -2.38. The van der Waals surface area contributed by atoms with E-state index in [1.807, 2.05) is 12.4 Å². The van der Waals surface area contributed by atoms with E-state index in [1.54, 1.807) is 0 Å². The second-order valence-corrected chi connectivity index (χ2v) is 6.60. The van der Waals surface area contributed by atoms with E-state index >= 15 is 0 Å². The van der Waals surface area contributed by atoms with Crippen LogP contribution in [-0.2, 0) is 6.54 Å². The maximum absolute atomic E-state index is 5.90. The predicted octanol–water partition coefficient (Wildman–Crippen LogP) is 3.43. The monoisotopic (exact) mass is 285 g/mol. The van der Waals surface area contributed by atoms with Gasteiger partial charge in [0.25, 0.3) is 0 Å². The van der Waals surface area contributed by atoms with E-state index in [-0.39, 0.29) is 5.41 Å². The van der Waals surface area contributed by atoms with Gasteiger partial charge in [0.2, 0.25) is 0 Å². The fraction of sp³-hybridized carbons (Fsp3) is 0.500. The van der Waals surface area contributed by atoms with E-state index in [1.165, 1.54) is 16.3 Å². The quantitative estimate of drug-likeness (QED) is 0.847. The molecule has 1 aromatic carbocycles. The van der Waals surface area contributed by atoms with Crippen LogP contribution < -0.4 is 5.73 Å². The molecule has 0 bridgehead atoms. The summed E-state index contributed by atoms with van der Waals surface area (Å²) in [6, 6.07) is 8.47. The zero-order valence-corrected chi connectivity index (χ0v) is 13.5. The molecule has 1 heterocycles. The first-order chi connectivity index (χ1) is 10.1. The van der Waals surface area contributed by atoms with Crippen molar-refractivity contribution in [2.75, 3.05) is 19.6 Å². The Morgan fingerprint density at radius 1 is 1.19 bits per heavy atom. The van der Waals surface area contributed by atoms with E-state index in [9.17, 15) is 0 Å². The normalized spacial score (nSPS) is 12.2. The van der Waals surface area contributed by atoms with Crippen molar-refractivity contribution in [1.82, 2.24) is 9.88 Å². The molecule has 0 aliphatic carbocycles. The Morgan fingerprint density at radius 2 is 1.95 bits per heavy atom. The second-order valence-electron chi connectivity index (χ2n) is 6.60. The molecule has 3 heteroatoms. The lowest BCUT2D eigenvalue weighted by atomic mass is 9.92. The van der Waals surface area contributed by atoms with Gasteiger partial charge in [-0.2, -0.15) is 0 Å². The van der Waals surface area contributed by atoms with Gasteiger partial charge in [0.15, 0.2) is 0 Å². The first kappa shape index (κ1) is 15.9. The van der Waals surface area contributed by atoms with E-state index in [0.29, 0.717) is 6.54 Å². The molecule has 2 rings (SSSR count). The fourth-order valence-electron chi connectivity index (χ4n) is 2.75. The Balaban J connectivity index is 2.22. The summed E-state index contributed by atoms with van der Waals surface area (Å²) in [6.45, 7) is 10.4. The molecule has 0 aliphatic heterocycles. The molecule has 0 fully saturated rings. The molecular weight excluding hydrogens is 258 g/mol. The Labute approximate surface area is 128 Å². The van der Waals surface area contributed by atoms with Crippen LogP contribution in [0.25, 0.3) is 10.8 Å². The number of rotatable bonds is 7. The van der Waals surface area contributed by atoms with Crippen molar-refractivity contribution in [1.29, 1.82) is 0 Å². The fourth-order valence-corrected chi connectivity index (χ4v) is 2.75. The molecule has 3 nitrogen and oxygen atoms in total. The van der Waals surface area contributed by atoms with Crippen LogP contribution in [0.5, 0.6) is 0 Å². The first-order valence-corrected chi connectivity index (χ1v) is 7.80. The molecule has 0 spiro atoms. The van der Waals surface area contributed by atoms with Crippen LogP contribution in [0.1, 0.15) is 32.8 Å². The van der Waals surface area contributed by atoms with E-state index in [4.69, 9.17) is 5.73 Å². The Bertz CT molecular complexity index is 572. The minimum Gasteiger partial charge on any atom is -0.330 e. The molecule has 0 amide bonds. The highest BCUT2D eigenvalue weighted by Gasteiger charge is 2.20. The highest BCUT2D eigenvalue weighted by molar-refractivity contribution is 5.84. The van der Waals surface area contributed by atoms with Gasteiger partial charge in [-0.05, 0) is 35.9 Å². The second kappa shape index (κ2) is 7.01. The number of pyridine rings is 1. The smallest absolute Gasteiger partial charge is 0.0346 e. The van der Waals surface area contributed by atoms with E-state index in [2.05, 4.69) is 54.9 Å². The number of fused-ring (bicyclic) bond motifs is 1. The molecule has 0 radical (unpaired) electrons. The average Bonchev–Trinajstić information content (AvgIpc) is 2.47. The van der Waals surface area contributed by atoms with Gasteiger partial charge < -0.3 is 5.73 Å². The number of nitrogens with two attached hydrogens (primary N) is 1. The van der Waals surface area contributed by atoms with Crippen LogP contribution in [-0.4, -0.2) is 29.5 Å². The molecule has 2 aromatic rings. The zero-order chi connectivity index (χ0) is 15.3. The third kappa shape index (κ3) is 4.26. The number of nitrogens with zero attached hydrogens (tertiary/aromatic N) is 2. The Morgan fingerprint density at radius 3 is 2.67 bits per heavy atom. The molecule has 1 aromatic heterocycles. The molecule has 0 saturated carbocycles. The molecule has 0 saturated heterocycles. The molecule has 0 aliphatic rings. The average molecular weight is 285 g/mol. The van der Waals surface area contributed by atoms with Crippen LogP contribution in [0, 0.1) is 5.41 Å². The summed E-state index contributed by atoms with van der Waals surface area (Å²) in [6.07, 6.45) is 5.09.